The average molecular weight is 367 g/mol. The molecule has 2 aromatic carbocycles. The van der Waals surface area contributed by atoms with E-state index in [1.165, 1.54) is 0 Å². The maximum atomic E-state index is 12.5. The average Bonchev–Trinajstić information content (AvgIpc) is 2.60. The Balaban J connectivity index is 1.72. The molecule has 1 aliphatic rings. The van der Waals surface area contributed by atoms with Crippen LogP contribution in [0.25, 0.3) is 10.8 Å². The summed E-state index contributed by atoms with van der Waals surface area (Å²) in [6.45, 7) is 2.78. The number of benzene rings is 2. The summed E-state index contributed by atoms with van der Waals surface area (Å²) in [7, 11) is -3.49. The van der Waals surface area contributed by atoms with Crippen molar-refractivity contribution in [2.75, 3.05) is 31.9 Å². The highest BCUT2D eigenvalue weighted by Crippen LogP contribution is 2.23. The summed E-state index contributed by atoms with van der Waals surface area (Å²) >= 11 is 5.94. The van der Waals surface area contributed by atoms with Crippen molar-refractivity contribution in [3.8, 4) is 0 Å². The second-order valence-electron chi connectivity index (χ2n) is 5.85. The molecule has 0 spiro atoms. The highest BCUT2D eigenvalue weighted by molar-refractivity contribution is 7.91. The molecule has 0 aromatic heterocycles. The van der Waals surface area contributed by atoms with E-state index in [0.717, 1.165) is 23.9 Å². The van der Waals surface area contributed by atoms with Gasteiger partial charge in [0.25, 0.3) is 0 Å². The van der Waals surface area contributed by atoms with Gasteiger partial charge in [0.05, 0.1) is 10.6 Å². The molecule has 0 atom stereocenters. The van der Waals surface area contributed by atoms with Crippen LogP contribution < -0.4 is 5.32 Å². The van der Waals surface area contributed by atoms with Gasteiger partial charge in [0.1, 0.15) is 0 Å². The maximum absolute atomic E-state index is 12.5. The predicted molar refractivity (Wildman–Crippen MR) is 95.1 cm³/mol. The zero-order chi connectivity index (χ0) is 17.2. The van der Waals surface area contributed by atoms with Crippen molar-refractivity contribution in [1.82, 2.24) is 10.2 Å². The summed E-state index contributed by atoms with van der Waals surface area (Å²) in [6.07, 6.45) is 0.0149. The largest absolute Gasteiger partial charge is 0.340 e. The van der Waals surface area contributed by atoms with Crippen LogP contribution in [-0.2, 0) is 14.6 Å². The van der Waals surface area contributed by atoms with Crippen LogP contribution in [0.2, 0.25) is 5.02 Å². The molecule has 1 aliphatic heterocycles. The molecular weight excluding hydrogens is 348 g/mol. The first-order valence-electron chi connectivity index (χ1n) is 7.86. The lowest BCUT2D eigenvalue weighted by Crippen LogP contribution is -2.46. The predicted octanol–water partition coefficient (Wildman–Crippen LogP) is 2.09. The topological polar surface area (TPSA) is 66.5 Å². The Hall–Kier alpha value is -1.63. The van der Waals surface area contributed by atoms with Crippen LogP contribution in [-0.4, -0.2) is 51.2 Å². The van der Waals surface area contributed by atoms with Crippen molar-refractivity contribution in [3.63, 3.8) is 0 Å². The normalized spacial score (nSPS) is 15.6. The van der Waals surface area contributed by atoms with Crippen LogP contribution in [0.1, 0.15) is 6.42 Å². The molecule has 128 valence electrons. The summed E-state index contributed by atoms with van der Waals surface area (Å²) < 4.78 is 25.0. The minimum atomic E-state index is -3.49. The van der Waals surface area contributed by atoms with Crippen LogP contribution in [0.5, 0.6) is 0 Å². The number of nitrogens with zero attached hydrogens (tertiary/aromatic N) is 1. The molecule has 1 N–H and O–H groups in total. The number of sulfone groups is 1. The molecule has 5 nitrogen and oxygen atoms in total. The van der Waals surface area contributed by atoms with Crippen molar-refractivity contribution in [2.24, 2.45) is 0 Å². The van der Waals surface area contributed by atoms with E-state index in [4.69, 9.17) is 11.6 Å². The molecule has 1 amide bonds. The molecule has 7 heteroatoms. The van der Waals surface area contributed by atoms with Crippen LogP contribution in [0.3, 0.4) is 0 Å². The Labute approximate surface area is 146 Å². The van der Waals surface area contributed by atoms with Gasteiger partial charge in [-0.25, -0.2) is 8.42 Å². The Morgan fingerprint density at radius 1 is 1.08 bits per heavy atom. The van der Waals surface area contributed by atoms with E-state index >= 15 is 0 Å². The van der Waals surface area contributed by atoms with Crippen molar-refractivity contribution in [2.45, 2.75) is 11.3 Å². The van der Waals surface area contributed by atoms with Crippen LogP contribution in [0.4, 0.5) is 0 Å². The third kappa shape index (κ3) is 3.88. The third-order valence-corrected chi connectivity index (χ3v) is 6.14. The maximum Gasteiger partial charge on any atom is 0.223 e. The SMILES string of the molecule is O=C(CCS(=O)(=O)c1ccc2cc(Cl)ccc2c1)N1CCNCC1. The molecule has 3 rings (SSSR count). The smallest absolute Gasteiger partial charge is 0.223 e. The van der Waals surface area contributed by atoms with Gasteiger partial charge in [-0.1, -0.05) is 23.7 Å². The quantitative estimate of drug-likeness (QED) is 0.899. The van der Waals surface area contributed by atoms with Crippen molar-refractivity contribution >= 4 is 38.1 Å². The Morgan fingerprint density at radius 3 is 2.50 bits per heavy atom. The molecule has 1 fully saturated rings. The molecule has 1 saturated heterocycles. The number of fused-ring (bicyclic) bond motifs is 1. The summed E-state index contributed by atoms with van der Waals surface area (Å²) in [5.41, 5.74) is 0. The Kier molecular flexibility index (Phi) is 5.08. The van der Waals surface area contributed by atoms with Gasteiger partial charge in [-0.15, -0.1) is 0 Å². The van der Waals surface area contributed by atoms with E-state index in [0.29, 0.717) is 18.1 Å². The zero-order valence-corrected chi connectivity index (χ0v) is 14.7. The fraction of sp³-hybridized carbons (Fsp3) is 0.353. The van der Waals surface area contributed by atoms with Crippen LogP contribution in [0.15, 0.2) is 41.3 Å². The standard InChI is InChI=1S/C17H19ClN2O3S/c18-15-3-1-14-12-16(4-2-13(14)11-15)24(22,23)10-5-17(21)20-8-6-19-7-9-20/h1-4,11-12,19H,5-10H2. The number of carbonyl (C=O) groups excluding carboxylic acids is 1. The molecule has 0 aliphatic carbocycles. The fourth-order valence-corrected chi connectivity index (χ4v) is 4.24. The van der Waals surface area contributed by atoms with Gasteiger partial charge < -0.3 is 10.2 Å². The van der Waals surface area contributed by atoms with E-state index in [1.54, 1.807) is 41.3 Å². The first kappa shape index (κ1) is 17.2. The third-order valence-electron chi connectivity index (χ3n) is 4.19. The molecule has 0 saturated carbocycles. The summed E-state index contributed by atoms with van der Waals surface area (Å²) in [5.74, 6) is -0.276. The first-order chi connectivity index (χ1) is 11.5. The number of nitrogens with one attached hydrogen (secondary N) is 1. The van der Waals surface area contributed by atoms with Gasteiger partial charge in [0.2, 0.25) is 5.91 Å². The van der Waals surface area contributed by atoms with Crippen LogP contribution >= 0.6 is 11.6 Å². The van der Waals surface area contributed by atoms with E-state index in [9.17, 15) is 13.2 Å². The fourth-order valence-electron chi connectivity index (χ4n) is 2.80. The van der Waals surface area contributed by atoms with E-state index in [1.807, 2.05) is 0 Å². The van der Waals surface area contributed by atoms with Gasteiger partial charge in [0, 0.05) is 37.6 Å². The highest BCUT2D eigenvalue weighted by atomic mass is 35.5. The monoisotopic (exact) mass is 366 g/mol. The summed E-state index contributed by atoms with van der Waals surface area (Å²) in [6, 6.07) is 10.3. The van der Waals surface area contributed by atoms with Crippen molar-refractivity contribution < 1.29 is 13.2 Å². The zero-order valence-electron chi connectivity index (χ0n) is 13.2. The van der Waals surface area contributed by atoms with Gasteiger partial charge in [-0.05, 0) is 35.0 Å². The number of halogens is 1. The van der Waals surface area contributed by atoms with Crippen molar-refractivity contribution in [3.05, 3.63) is 41.4 Å². The van der Waals surface area contributed by atoms with E-state index in [-0.39, 0.29) is 23.0 Å². The van der Waals surface area contributed by atoms with Gasteiger partial charge in [-0.2, -0.15) is 0 Å². The number of hydrogen-bond acceptors (Lipinski definition) is 4. The lowest BCUT2D eigenvalue weighted by Gasteiger charge is -2.27. The second-order valence-corrected chi connectivity index (χ2v) is 8.40. The highest BCUT2D eigenvalue weighted by Gasteiger charge is 2.21. The number of rotatable bonds is 4. The Bertz CT molecular complexity index is 861. The molecule has 0 radical (unpaired) electrons. The number of piperazine rings is 1. The molecule has 1 heterocycles. The molecule has 24 heavy (non-hydrogen) atoms. The van der Waals surface area contributed by atoms with E-state index < -0.39 is 9.84 Å². The van der Waals surface area contributed by atoms with Crippen LogP contribution in [0, 0.1) is 0 Å². The molecular formula is C17H19ClN2O3S. The van der Waals surface area contributed by atoms with Gasteiger partial charge >= 0.3 is 0 Å². The Morgan fingerprint density at radius 2 is 1.75 bits per heavy atom. The summed E-state index contributed by atoms with van der Waals surface area (Å²) in [5, 5.41) is 5.48. The lowest BCUT2D eigenvalue weighted by atomic mass is 10.1. The number of hydrogen-bond donors (Lipinski definition) is 1. The summed E-state index contributed by atoms with van der Waals surface area (Å²) in [4.78, 5) is 14.1. The van der Waals surface area contributed by atoms with E-state index in [2.05, 4.69) is 5.32 Å². The minimum Gasteiger partial charge on any atom is -0.340 e. The molecule has 0 unspecified atom stereocenters. The number of carbonyl (C=O) groups is 1. The second kappa shape index (κ2) is 7.09. The van der Waals surface area contributed by atoms with Gasteiger partial charge in [0.15, 0.2) is 9.84 Å². The van der Waals surface area contributed by atoms with Crippen molar-refractivity contribution in [1.29, 1.82) is 0 Å². The minimum absolute atomic E-state index is 0.0149. The first-order valence-corrected chi connectivity index (χ1v) is 9.89. The number of amides is 1. The van der Waals surface area contributed by atoms with Gasteiger partial charge in [-0.3, -0.25) is 4.79 Å². The molecule has 2 aromatic rings. The lowest BCUT2D eigenvalue weighted by molar-refractivity contribution is -0.131. The molecule has 0 bridgehead atoms.